The van der Waals surface area contributed by atoms with E-state index >= 15 is 0 Å². The van der Waals surface area contributed by atoms with Crippen LogP contribution in [0.15, 0.2) is 24.5 Å². The van der Waals surface area contributed by atoms with Gasteiger partial charge in [-0.25, -0.2) is 9.97 Å². The monoisotopic (exact) mass is 316 g/mol. The Kier molecular flexibility index (Phi) is 5.00. The molecule has 3 rings (SSSR count). The molecule has 2 heterocycles. The first-order chi connectivity index (χ1) is 10.8. The molecule has 116 valence electrons. The molecule has 0 spiro atoms. The topological polar surface area (TPSA) is 66.9 Å². The van der Waals surface area contributed by atoms with Gasteiger partial charge in [0, 0.05) is 30.4 Å². The van der Waals surface area contributed by atoms with Gasteiger partial charge in [0.15, 0.2) is 0 Å². The van der Waals surface area contributed by atoms with Gasteiger partial charge in [-0.15, -0.1) is 11.3 Å². The number of hydrogen-bond acceptors (Lipinski definition) is 5. The number of rotatable bonds is 5. The first-order valence-electron chi connectivity index (χ1n) is 7.73. The average Bonchev–Trinajstić information content (AvgIpc) is 2.83. The van der Waals surface area contributed by atoms with Gasteiger partial charge in [-0.2, -0.15) is 0 Å². The van der Waals surface area contributed by atoms with Crippen molar-refractivity contribution in [2.75, 3.05) is 18.4 Å². The number of nitrogens with zero attached hydrogens (tertiary/aromatic N) is 2. The molecule has 2 N–H and O–H groups in total. The van der Waals surface area contributed by atoms with E-state index in [0.29, 0.717) is 19.0 Å². The number of carbonyl (C=O) groups excluding carboxylic acids is 1. The standard InChI is InChI=1S/C16H20N4OS/c21-15(17-9-10-20-16-18-7-4-8-19-16)14-11-12-5-2-1-3-6-13(12)22-14/h4,7-8,11H,1-3,5-6,9-10H2,(H,17,21)(H,18,19,20). The Hall–Kier alpha value is -1.95. The number of carbonyl (C=O) groups is 1. The average molecular weight is 316 g/mol. The zero-order valence-electron chi connectivity index (χ0n) is 12.5. The Balaban J connectivity index is 1.48. The van der Waals surface area contributed by atoms with E-state index in [4.69, 9.17) is 0 Å². The molecule has 1 aliphatic carbocycles. The van der Waals surface area contributed by atoms with Crippen molar-refractivity contribution in [2.24, 2.45) is 0 Å². The smallest absolute Gasteiger partial charge is 0.261 e. The third-order valence-electron chi connectivity index (χ3n) is 3.73. The highest BCUT2D eigenvalue weighted by molar-refractivity contribution is 7.14. The summed E-state index contributed by atoms with van der Waals surface area (Å²) in [5.41, 5.74) is 1.38. The lowest BCUT2D eigenvalue weighted by Gasteiger charge is -2.05. The van der Waals surface area contributed by atoms with Gasteiger partial charge < -0.3 is 10.6 Å². The fourth-order valence-corrected chi connectivity index (χ4v) is 3.78. The maximum absolute atomic E-state index is 12.2. The largest absolute Gasteiger partial charge is 0.352 e. The van der Waals surface area contributed by atoms with Gasteiger partial charge in [0.05, 0.1) is 4.88 Å². The van der Waals surface area contributed by atoms with E-state index in [1.54, 1.807) is 29.8 Å². The highest BCUT2D eigenvalue weighted by Crippen LogP contribution is 2.28. The first-order valence-corrected chi connectivity index (χ1v) is 8.55. The van der Waals surface area contributed by atoms with E-state index in [1.807, 2.05) is 0 Å². The third-order valence-corrected chi connectivity index (χ3v) is 4.97. The van der Waals surface area contributed by atoms with Crippen LogP contribution in [0.2, 0.25) is 0 Å². The quantitative estimate of drug-likeness (QED) is 0.657. The molecular formula is C16H20N4OS. The summed E-state index contributed by atoms with van der Waals surface area (Å²) in [4.78, 5) is 22.6. The highest BCUT2D eigenvalue weighted by atomic mass is 32.1. The number of anilines is 1. The number of aryl methyl sites for hydroxylation is 2. The van der Waals surface area contributed by atoms with E-state index in [-0.39, 0.29) is 5.91 Å². The third kappa shape index (κ3) is 3.82. The van der Waals surface area contributed by atoms with Crippen LogP contribution in [-0.2, 0) is 12.8 Å². The van der Waals surface area contributed by atoms with E-state index < -0.39 is 0 Å². The van der Waals surface area contributed by atoms with Gasteiger partial charge >= 0.3 is 0 Å². The molecular weight excluding hydrogens is 296 g/mol. The number of hydrogen-bond donors (Lipinski definition) is 2. The van der Waals surface area contributed by atoms with Crippen molar-refractivity contribution in [1.82, 2.24) is 15.3 Å². The Morgan fingerprint density at radius 1 is 1.14 bits per heavy atom. The number of thiophene rings is 1. The molecule has 0 radical (unpaired) electrons. The van der Waals surface area contributed by atoms with Crippen LogP contribution >= 0.6 is 11.3 Å². The Morgan fingerprint density at radius 2 is 1.95 bits per heavy atom. The fourth-order valence-electron chi connectivity index (χ4n) is 2.61. The van der Waals surface area contributed by atoms with E-state index in [9.17, 15) is 4.79 Å². The van der Waals surface area contributed by atoms with E-state index in [2.05, 4.69) is 26.7 Å². The predicted octanol–water partition coefficient (Wildman–Crippen LogP) is 2.65. The Labute approximate surface area is 134 Å². The number of fused-ring (bicyclic) bond motifs is 1. The normalized spacial score (nSPS) is 14.0. The Morgan fingerprint density at radius 3 is 2.82 bits per heavy atom. The molecule has 0 aliphatic heterocycles. The summed E-state index contributed by atoms with van der Waals surface area (Å²) in [5.74, 6) is 0.605. The first kappa shape index (κ1) is 15.0. The minimum absolute atomic E-state index is 0.0221. The summed E-state index contributed by atoms with van der Waals surface area (Å²) < 4.78 is 0. The van der Waals surface area contributed by atoms with Crippen LogP contribution in [0.25, 0.3) is 0 Å². The van der Waals surface area contributed by atoms with Crippen LogP contribution in [0.4, 0.5) is 5.95 Å². The summed E-state index contributed by atoms with van der Waals surface area (Å²) in [5, 5.41) is 6.02. The van der Waals surface area contributed by atoms with Gasteiger partial charge in [0.2, 0.25) is 5.95 Å². The van der Waals surface area contributed by atoms with Gasteiger partial charge in [-0.3, -0.25) is 4.79 Å². The maximum atomic E-state index is 12.2. The molecule has 1 amide bonds. The minimum atomic E-state index is 0.0221. The van der Waals surface area contributed by atoms with E-state index in [0.717, 1.165) is 17.7 Å². The zero-order chi connectivity index (χ0) is 15.2. The molecule has 2 aromatic rings. The SMILES string of the molecule is O=C(NCCNc1ncccn1)c1cc2c(s1)CCCCC2. The molecule has 0 saturated carbocycles. The lowest BCUT2D eigenvalue weighted by Crippen LogP contribution is -2.28. The number of nitrogens with one attached hydrogen (secondary N) is 2. The molecule has 0 fully saturated rings. The zero-order valence-corrected chi connectivity index (χ0v) is 13.3. The molecule has 1 aliphatic rings. The molecule has 0 atom stereocenters. The predicted molar refractivity (Wildman–Crippen MR) is 88.4 cm³/mol. The van der Waals surface area contributed by atoms with E-state index in [1.165, 1.54) is 29.7 Å². The highest BCUT2D eigenvalue weighted by Gasteiger charge is 2.16. The van der Waals surface area contributed by atoms with Crippen molar-refractivity contribution in [3.05, 3.63) is 39.8 Å². The summed E-state index contributed by atoms with van der Waals surface area (Å²) in [6.07, 6.45) is 9.41. The fraction of sp³-hybridized carbons (Fsp3) is 0.438. The summed E-state index contributed by atoms with van der Waals surface area (Å²) in [6, 6.07) is 3.85. The molecule has 0 aromatic carbocycles. The molecule has 0 unspecified atom stereocenters. The number of amides is 1. The van der Waals surface area contributed by atoms with Crippen molar-refractivity contribution in [3.8, 4) is 0 Å². The minimum Gasteiger partial charge on any atom is -0.352 e. The van der Waals surface area contributed by atoms with Gasteiger partial charge in [-0.1, -0.05) is 6.42 Å². The van der Waals surface area contributed by atoms with Crippen LogP contribution in [0.3, 0.4) is 0 Å². The second kappa shape index (κ2) is 7.35. The van der Waals surface area contributed by atoms with Crippen molar-refractivity contribution < 1.29 is 4.79 Å². The summed E-state index contributed by atoms with van der Waals surface area (Å²) in [6.45, 7) is 1.17. The molecule has 5 nitrogen and oxygen atoms in total. The molecule has 22 heavy (non-hydrogen) atoms. The van der Waals surface area contributed by atoms with Crippen molar-refractivity contribution >= 4 is 23.2 Å². The van der Waals surface area contributed by atoms with Gasteiger partial charge in [0.1, 0.15) is 0 Å². The lowest BCUT2D eigenvalue weighted by atomic mass is 10.1. The summed E-state index contributed by atoms with van der Waals surface area (Å²) >= 11 is 1.65. The second-order valence-electron chi connectivity index (χ2n) is 5.37. The Bertz CT molecular complexity index is 603. The van der Waals surface area contributed by atoms with Crippen LogP contribution < -0.4 is 10.6 Å². The van der Waals surface area contributed by atoms with Crippen LogP contribution in [0.1, 0.15) is 39.4 Å². The maximum Gasteiger partial charge on any atom is 0.261 e. The second-order valence-corrected chi connectivity index (χ2v) is 6.51. The lowest BCUT2D eigenvalue weighted by molar-refractivity contribution is 0.0959. The molecule has 2 aromatic heterocycles. The van der Waals surface area contributed by atoms with Gasteiger partial charge in [-0.05, 0) is 43.4 Å². The molecule has 0 bridgehead atoms. The molecule has 0 saturated heterocycles. The summed E-state index contributed by atoms with van der Waals surface area (Å²) in [7, 11) is 0. The van der Waals surface area contributed by atoms with Crippen molar-refractivity contribution in [2.45, 2.75) is 32.1 Å². The van der Waals surface area contributed by atoms with Crippen molar-refractivity contribution in [3.63, 3.8) is 0 Å². The van der Waals surface area contributed by atoms with Gasteiger partial charge in [0.25, 0.3) is 5.91 Å². The van der Waals surface area contributed by atoms with Crippen LogP contribution in [0, 0.1) is 0 Å². The molecule has 6 heteroatoms. The van der Waals surface area contributed by atoms with Crippen LogP contribution in [0.5, 0.6) is 0 Å². The number of aromatic nitrogens is 2. The van der Waals surface area contributed by atoms with Crippen molar-refractivity contribution in [1.29, 1.82) is 0 Å². The van der Waals surface area contributed by atoms with Crippen LogP contribution in [-0.4, -0.2) is 29.0 Å².